The van der Waals surface area contributed by atoms with Gasteiger partial charge in [0.1, 0.15) is 11.6 Å². The van der Waals surface area contributed by atoms with Crippen molar-refractivity contribution in [2.45, 2.75) is 20.8 Å². The molecule has 5 nitrogen and oxygen atoms in total. The first-order valence-corrected chi connectivity index (χ1v) is 9.01. The molecule has 0 amide bonds. The van der Waals surface area contributed by atoms with Crippen LogP contribution in [-0.2, 0) is 4.74 Å². The molecule has 0 aliphatic carbocycles. The third-order valence-electron chi connectivity index (χ3n) is 4.75. The zero-order valence-corrected chi connectivity index (χ0v) is 16.2. The minimum Gasteiger partial charge on any atom is -0.465 e. The maximum Gasteiger partial charge on any atom is 0.337 e. The Balaban J connectivity index is 1.98. The molecule has 0 aliphatic heterocycles. The number of ether oxygens (including phenoxy) is 1. The number of nitrogens with zero attached hydrogens (tertiary/aromatic N) is 2. The highest BCUT2D eigenvalue weighted by Crippen LogP contribution is 2.41. The molecule has 2 aromatic heterocycles. The number of furan rings is 1. The first kappa shape index (κ1) is 17.9. The Kier molecular flexibility index (Phi) is 4.43. The maximum atomic E-state index is 11.8. The van der Waals surface area contributed by atoms with Gasteiger partial charge in [0.2, 0.25) is 5.71 Å². The van der Waals surface area contributed by atoms with Gasteiger partial charge in [-0.2, -0.15) is 4.98 Å². The average molecular weight is 372 g/mol. The van der Waals surface area contributed by atoms with Gasteiger partial charge in [0.25, 0.3) is 0 Å². The first-order valence-electron chi connectivity index (χ1n) is 9.01. The van der Waals surface area contributed by atoms with Crippen LogP contribution in [0.25, 0.3) is 33.6 Å². The first-order chi connectivity index (χ1) is 13.5. The largest absolute Gasteiger partial charge is 0.465 e. The minimum atomic E-state index is -0.363. The Morgan fingerprint density at radius 2 is 1.54 bits per heavy atom. The molecule has 0 atom stereocenters. The summed E-state index contributed by atoms with van der Waals surface area (Å²) in [6.45, 7) is 5.86. The van der Waals surface area contributed by atoms with E-state index in [1.165, 1.54) is 12.7 Å². The van der Waals surface area contributed by atoms with Crippen molar-refractivity contribution >= 4 is 17.1 Å². The Hall–Kier alpha value is -3.47. The lowest BCUT2D eigenvalue weighted by molar-refractivity contribution is 0.0601. The second kappa shape index (κ2) is 6.93. The molecule has 140 valence electrons. The van der Waals surface area contributed by atoms with Crippen LogP contribution in [0.5, 0.6) is 0 Å². The molecule has 0 N–H and O–H groups in total. The van der Waals surface area contributed by atoms with E-state index in [-0.39, 0.29) is 5.97 Å². The van der Waals surface area contributed by atoms with Gasteiger partial charge in [-0.05, 0) is 38.5 Å². The third-order valence-corrected chi connectivity index (χ3v) is 4.75. The third kappa shape index (κ3) is 3.05. The Bertz CT molecular complexity index is 1170. The van der Waals surface area contributed by atoms with Crippen LogP contribution in [0.2, 0.25) is 0 Å². The average Bonchev–Trinajstić information content (AvgIpc) is 3.07. The summed E-state index contributed by atoms with van der Waals surface area (Å²) in [6, 6.07) is 15.5. The van der Waals surface area contributed by atoms with E-state index >= 15 is 0 Å². The molecule has 4 aromatic rings. The van der Waals surface area contributed by atoms with Crippen molar-refractivity contribution in [2.75, 3.05) is 7.11 Å². The van der Waals surface area contributed by atoms with Crippen molar-refractivity contribution in [1.82, 2.24) is 9.97 Å². The molecule has 2 aromatic carbocycles. The van der Waals surface area contributed by atoms with Crippen molar-refractivity contribution in [3.05, 3.63) is 71.2 Å². The van der Waals surface area contributed by atoms with Gasteiger partial charge in [0, 0.05) is 11.1 Å². The van der Waals surface area contributed by atoms with E-state index in [9.17, 15) is 4.79 Å². The SMILES string of the molecule is COC(=O)c1ccc(-c2c(-c3ccc(C)cc3)oc3nc(C)nc(C)c23)cc1. The van der Waals surface area contributed by atoms with Gasteiger partial charge >= 0.3 is 5.97 Å². The highest BCUT2D eigenvalue weighted by molar-refractivity contribution is 6.02. The van der Waals surface area contributed by atoms with Crippen molar-refractivity contribution in [3.8, 4) is 22.5 Å². The number of aromatic nitrogens is 2. The van der Waals surface area contributed by atoms with Gasteiger partial charge < -0.3 is 9.15 Å². The van der Waals surface area contributed by atoms with E-state index in [0.29, 0.717) is 17.1 Å². The zero-order chi connectivity index (χ0) is 19.8. The predicted octanol–water partition coefficient (Wildman–Crippen LogP) is 5.27. The topological polar surface area (TPSA) is 65.2 Å². The van der Waals surface area contributed by atoms with Gasteiger partial charge in [-0.15, -0.1) is 0 Å². The number of rotatable bonds is 3. The lowest BCUT2D eigenvalue weighted by Crippen LogP contribution is -2.00. The summed E-state index contributed by atoms with van der Waals surface area (Å²) in [4.78, 5) is 20.8. The highest BCUT2D eigenvalue weighted by Gasteiger charge is 2.21. The number of fused-ring (bicyclic) bond motifs is 1. The number of hydrogen-bond acceptors (Lipinski definition) is 5. The number of hydrogen-bond donors (Lipinski definition) is 0. The summed E-state index contributed by atoms with van der Waals surface area (Å²) in [6.07, 6.45) is 0. The van der Waals surface area contributed by atoms with Crippen LogP contribution >= 0.6 is 0 Å². The second-order valence-corrected chi connectivity index (χ2v) is 6.78. The second-order valence-electron chi connectivity index (χ2n) is 6.78. The molecule has 0 bridgehead atoms. The van der Waals surface area contributed by atoms with Gasteiger partial charge in [0.05, 0.1) is 23.8 Å². The number of esters is 1. The van der Waals surface area contributed by atoms with E-state index in [1.54, 1.807) is 12.1 Å². The van der Waals surface area contributed by atoms with Crippen LogP contribution in [0.4, 0.5) is 0 Å². The fourth-order valence-electron chi connectivity index (χ4n) is 3.38. The van der Waals surface area contributed by atoms with Gasteiger partial charge in [-0.3, -0.25) is 0 Å². The van der Waals surface area contributed by atoms with Gasteiger partial charge in [0.15, 0.2) is 0 Å². The minimum absolute atomic E-state index is 0.363. The Morgan fingerprint density at radius 1 is 0.893 bits per heavy atom. The lowest BCUT2D eigenvalue weighted by Gasteiger charge is -2.06. The molecular weight excluding hydrogens is 352 g/mol. The fourth-order valence-corrected chi connectivity index (χ4v) is 3.38. The van der Waals surface area contributed by atoms with E-state index in [1.807, 2.05) is 45.0 Å². The van der Waals surface area contributed by atoms with Gasteiger partial charge in [-0.1, -0.05) is 42.0 Å². The van der Waals surface area contributed by atoms with Crippen LogP contribution in [-0.4, -0.2) is 23.0 Å². The van der Waals surface area contributed by atoms with Crippen molar-refractivity contribution in [1.29, 1.82) is 0 Å². The molecule has 28 heavy (non-hydrogen) atoms. The molecule has 0 spiro atoms. The number of carbonyl (C=O) groups excluding carboxylic acids is 1. The van der Waals surface area contributed by atoms with Crippen LogP contribution in [0, 0.1) is 20.8 Å². The monoisotopic (exact) mass is 372 g/mol. The molecular formula is C23H20N2O3. The van der Waals surface area contributed by atoms with E-state index in [0.717, 1.165) is 33.5 Å². The smallest absolute Gasteiger partial charge is 0.337 e. The van der Waals surface area contributed by atoms with Crippen molar-refractivity contribution in [3.63, 3.8) is 0 Å². The maximum absolute atomic E-state index is 11.8. The normalized spacial score (nSPS) is 11.0. The standard InChI is InChI=1S/C23H20N2O3/c1-13-5-7-17(8-6-13)21-20(16-9-11-18(12-10-16)23(26)27-4)19-14(2)24-15(3)25-22(19)28-21/h5-12H,1-4H3. The van der Waals surface area contributed by atoms with E-state index in [2.05, 4.69) is 22.1 Å². The molecule has 0 unspecified atom stereocenters. The summed E-state index contributed by atoms with van der Waals surface area (Å²) in [5.74, 6) is 1.04. The van der Waals surface area contributed by atoms with Crippen LogP contribution in [0.1, 0.15) is 27.4 Å². The van der Waals surface area contributed by atoms with Crippen LogP contribution < -0.4 is 0 Å². The molecule has 0 radical (unpaired) electrons. The Morgan fingerprint density at radius 3 is 2.18 bits per heavy atom. The van der Waals surface area contributed by atoms with Crippen molar-refractivity contribution < 1.29 is 13.9 Å². The summed E-state index contributed by atoms with van der Waals surface area (Å²) >= 11 is 0. The summed E-state index contributed by atoms with van der Waals surface area (Å²) in [5.41, 5.74) is 5.91. The molecule has 0 saturated carbocycles. The predicted molar refractivity (Wildman–Crippen MR) is 108 cm³/mol. The van der Waals surface area contributed by atoms with Crippen LogP contribution in [0.15, 0.2) is 52.9 Å². The summed E-state index contributed by atoms with van der Waals surface area (Å²) < 4.78 is 11.0. The van der Waals surface area contributed by atoms with Crippen molar-refractivity contribution in [2.24, 2.45) is 0 Å². The van der Waals surface area contributed by atoms with E-state index < -0.39 is 0 Å². The molecule has 2 heterocycles. The van der Waals surface area contributed by atoms with E-state index in [4.69, 9.17) is 9.15 Å². The molecule has 0 aliphatic rings. The number of benzene rings is 2. The Labute approximate surface area is 163 Å². The van der Waals surface area contributed by atoms with Crippen LogP contribution in [0.3, 0.4) is 0 Å². The number of methoxy groups -OCH3 is 1. The molecule has 4 rings (SSSR count). The summed E-state index contributed by atoms with van der Waals surface area (Å²) in [5, 5.41) is 0.881. The quantitative estimate of drug-likeness (QED) is 0.458. The number of carbonyl (C=O) groups is 1. The molecule has 5 heteroatoms. The lowest BCUT2D eigenvalue weighted by atomic mass is 9.97. The fraction of sp³-hybridized carbons (Fsp3) is 0.174. The highest BCUT2D eigenvalue weighted by atomic mass is 16.5. The summed E-state index contributed by atoms with van der Waals surface area (Å²) in [7, 11) is 1.37. The molecule has 0 fully saturated rings. The molecule has 0 saturated heterocycles. The number of aryl methyl sites for hydroxylation is 3. The zero-order valence-electron chi connectivity index (χ0n) is 16.2. The van der Waals surface area contributed by atoms with Gasteiger partial charge in [-0.25, -0.2) is 9.78 Å².